The van der Waals surface area contributed by atoms with Gasteiger partial charge in [0, 0.05) is 12.1 Å². The lowest BCUT2D eigenvalue weighted by molar-refractivity contribution is 0.344. The number of aryl methyl sites for hydroxylation is 2. The van der Waals surface area contributed by atoms with E-state index in [4.69, 9.17) is 5.73 Å². The topological polar surface area (TPSA) is 72.2 Å². The van der Waals surface area contributed by atoms with Crippen molar-refractivity contribution in [3.8, 4) is 0 Å². The maximum absolute atomic E-state index is 12.6. The van der Waals surface area contributed by atoms with Crippen LogP contribution >= 0.6 is 0 Å². The summed E-state index contributed by atoms with van der Waals surface area (Å²) in [6, 6.07) is 5.43. The minimum atomic E-state index is -3.56. The molecule has 1 aromatic rings. The highest BCUT2D eigenvalue weighted by Crippen LogP contribution is 2.22. The molecule has 0 aliphatic carbocycles. The fourth-order valence-corrected chi connectivity index (χ4v) is 4.20. The van der Waals surface area contributed by atoms with Gasteiger partial charge in [-0.3, -0.25) is 0 Å². The Balaban J connectivity index is 3.14. The average molecular weight is 298 g/mol. The van der Waals surface area contributed by atoms with Crippen LogP contribution in [0.4, 0.5) is 0 Å². The third-order valence-electron chi connectivity index (χ3n) is 3.32. The summed E-state index contributed by atoms with van der Waals surface area (Å²) in [6.07, 6.45) is 0.702. The van der Waals surface area contributed by atoms with E-state index in [0.717, 1.165) is 11.1 Å². The van der Waals surface area contributed by atoms with Gasteiger partial charge >= 0.3 is 0 Å². The predicted molar refractivity (Wildman–Crippen MR) is 83.2 cm³/mol. The van der Waals surface area contributed by atoms with Gasteiger partial charge in [-0.05, 0) is 50.3 Å². The predicted octanol–water partition coefficient (Wildman–Crippen LogP) is 2.35. The van der Waals surface area contributed by atoms with Gasteiger partial charge in [-0.1, -0.05) is 26.0 Å². The number of hydrogen-bond acceptors (Lipinski definition) is 3. The van der Waals surface area contributed by atoms with Gasteiger partial charge in [0.2, 0.25) is 10.0 Å². The van der Waals surface area contributed by atoms with Crippen LogP contribution in [0.25, 0.3) is 0 Å². The van der Waals surface area contributed by atoms with Crippen molar-refractivity contribution in [2.24, 2.45) is 11.7 Å². The van der Waals surface area contributed by atoms with Crippen LogP contribution in [0.3, 0.4) is 0 Å². The Bertz CT molecular complexity index is 567. The molecule has 3 N–H and O–H groups in total. The molecule has 0 fully saturated rings. The molecule has 1 atom stereocenters. The van der Waals surface area contributed by atoms with Crippen LogP contribution in [-0.2, 0) is 10.0 Å². The Morgan fingerprint density at radius 3 is 2.40 bits per heavy atom. The van der Waals surface area contributed by atoms with Crippen LogP contribution in [0.1, 0.15) is 38.3 Å². The molecule has 0 aromatic heterocycles. The minimum Gasteiger partial charge on any atom is -0.329 e. The first-order valence-corrected chi connectivity index (χ1v) is 8.39. The second-order valence-electron chi connectivity index (χ2n) is 6.24. The summed E-state index contributed by atoms with van der Waals surface area (Å²) >= 11 is 0. The molecule has 0 heterocycles. The Kier molecular flexibility index (Phi) is 5.35. The van der Waals surface area contributed by atoms with Gasteiger partial charge in [-0.15, -0.1) is 0 Å². The summed E-state index contributed by atoms with van der Waals surface area (Å²) in [4.78, 5) is 0.334. The highest BCUT2D eigenvalue weighted by Gasteiger charge is 2.30. The molecule has 4 nitrogen and oxygen atoms in total. The molecule has 0 bridgehead atoms. The molecule has 0 amide bonds. The van der Waals surface area contributed by atoms with Crippen molar-refractivity contribution in [2.45, 2.75) is 51.5 Å². The molecule has 0 aliphatic heterocycles. The molecule has 0 radical (unpaired) electrons. The van der Waals surface area contributed by atoms with Gasteiger partial charge in [-0.25, -0.2) is 13.1 Å². The molecular formula is C15H26N2O2S. The van der Waals surface area contributed by atoms with E-state index in [-0.39, 0.29) is 6.54 Å². The largest absolute Gasteiger partial charge is 0.329 e. The fraction of sp³-hybridized carbons (Fsp3) is 0.600. The highest BCUT2D eigenvalue weighted by atomic mass is 32.2. The molecule has 0 aliphatic rings. The second kappa shape index (κ2) is 6.24. The molecule has 0 saturated heterocycles. The number of nitrogens with two attached hydrogens (primary N) is 1. The maximum Gasteiger partial charge on any atom is 0.241 e. The van der Waals surface area contributed by atoms with Crippen LogP contribution < -0.4 is 10.5 Å². The minimum absolute atomic E-state index is 0.273. The van der Waals surface area contributed by atoms with Gasteiger partial charge < -0.3 is 5.73 Å². The van der Waals surface area contributed by atoms with E-state index in [2.05, 4.69) is 18.6 Å². The Morgan fingerprint density at radius 2 is 1.90 bits per heavy atom. The quantitative estimate of drug-likeness (QED) is 0.846. The Hall–Kier alpha value is -0.910. The van der Waals surface area contributed by atoms with E-state index in [1.807, 2.05) is 26.0 Å². The van der Waals surface area contributed by atoms with Gasteiger partial charge in [0.1, 0.15) is 0 Å². The molecule has 20 heavy (non-hydrogen) atoms. The molecule has 1 rings (SSSR count). The van der Waals surface area contributed by atoms with Gasteiger partial charge in [-0.2, -0.15) is 0 Å². The van der Waals surface area contributed by atoms with Gasteiger partial charge in [0.15, 0.2) is 0 Å². The van der Waals surface area contributed by atoms with Crippen molar-refractivity contribution < 1.29 is 8.42 Å². The van der Waals surface area contributed by atoms with Crippen molar-refractivity contribution in [1.82, 2.24) is 4.72 Å². The van der Waals surface area contributed by atoms with Crippen molar-refractivity contribution in [3.05, 3.63) is 29.3 Å². The number of rotatable bonds is 6. The van der Waals surface area contributed by atoms with E-state index in [0.29, 0.717) is 17.2 Å². The first kappa shape index (κ1) is 17.1. The van der Waals surface area contributed by atoms with Crippen LogP contribution in [-0.4, -0.2) is 20.5 Å². The summed E-state index contributed by atoms with van der Waals surface area (Å²) in [5.41, 5.74) is 6.83. The van der Waals surface area contributed by atoms with E-state index in [1.54, 1.807) is 13.0 Å². The smallest absolute Gasteiger partial charge is 0.241 e. The third kappa shape index (κ3) is 4.30. The lowest BCUT2D eigenvalue weighted by Crippen LogP contribution is -2.52. The molecule has 114 valence electrons. The van der Waals surface area contributed by atoms with Crippen LogP contribution in [0.15, 0.2) is 23.1 Å². The molecular weight excluding hydrogens is 272 g/mol. The third-order valence-corrected chi connectivity index (χ3v) is 5.10. The lowest BCUT2D eigenvalue weighted by Gasteiger charge is -2.31. The molecule has 5 heteroatoms. The Labute approximate surface area is 122 Å². The maximum atomic E-state index is 12.6. The van der Waals surface area contributed by atoms with Crippen LogP contribution in [0.5, 0.6) is 0 Å². The normalized spacial score (nSPS) is 15.3. The zero-order valence-electron chi connectivity index (χ0n) is 13.0. The van der Waals surface area contributed by atoms with Crippen molar-refractivity contribution >= 4 is 10.0 Å². The van der Waals surface area contributed by atoms with E-state index in [1.165, 1.54) is 0 Å². The standard InChI is InChI=1S/C15H26N2O2S/c1-11(2)9-15(5,10-16)17-20(18,19)14-8-12(3)6-7-13(14)4/h6-8,11,17H,9-10,16H2,1-5H3. The summed E-state index contributed by atoms with van der Waals surface area (Å²) in [5.74, 6) is 0.366. The van der Waals surface area contributed by atoms with Crippen LogP contribution in [0, 0.1) is 19.8 Å². The SMILES string of the molecule is Cc1ccc(C)c(S(=O)(=O)NC(C)(CN)CC(C)C)c1. The number of hydrogen-bond donors (Lipinski definition) is 2. The highest BCUT2D eigenvalue weighted by molar-refractivity contribution is 7.89. The van der Waals surface area contributed by atoms with Gasteiger partial charge in [0.05, 0.1) is 4.90 Å². The summed E-state index contributed by atoms with van der Waals surface area (Å²) in [5, 5.41) is 0. The zero-order chi connectivity index (χ0) is 15.6. The van der Waals surface area contributed by atoms with E-state index >= 15 is 0 Å². The van der Waals surface area contributed by atoms with Crippen molar-refractivity contribution in [3.63, 3.8) is 0 Å². The molecule has 1 aromatic carbocycles. The Morgan fingerprint density at radius 1 is 1.30 bits per heavy atom. The number of benzene rings is 1. The van der Waals surface area contributed by atoms with Gasteiger partial charge in [0.25, 0.3) is 0 Å². The molecule has 1 unspecified atom stereocenters. The zero-order valence-corrected chi connectivity index (χ0v) is 13.8. The number of sulfonamides is 1. The summed E-state index contributed by atoms with van der Waals surface area (Å²) < 4.78 is 28.0. The fourth-order valence-electron chi connectivity index (χ4n) is 2.44. The first-order chi connectivity index (χ1) is 9.09. The second-order valence-corrected chi connectivity index (χ2v) is 7.89. The van der Waals surface area contributed by atoms with E-state index in [9.17, 15) is 8.42 Å². The number of nitrogens with one attached hydrogen (secondary N) is 1. The van der Waals surface area contributed by atoms with Crippen LogP contribution in [0.2, 0.25) is 0 Å². The summed E-state index contributed by atoms with van der Waals surface area (Å²) in [7, 11) is -3.56. The van der Waals surface area contributed by atoms with E-state index < -0.39 is 15.6 Å². The van der Waals surface area contributed by atoms with Crippen molar-refractivity contribution in [2.75, 3.05) is 6.54 Å². The first-order valence-electron chi connectivity index (χ1n) is 6.91. The average Bonchev–Trinajstić information content (AvgIpc) is 2.30. The summed E-state index contributed by atoms with van der Waals surface area (Å²) in [6.45, 7) is 9.93. The molecule has 0 saturated carbocycles. The monoisotopic (exact) mass is 298 g/mol. The molecule has 0 spiro atoms. The van der Waals surface area contributed by atoms with Crippen molar-refractivity contribution in [1.29, 1.82) is 0 Å². The lowest BCUT2D eigenvalue weighted by atomic mass is 9.92.